The smallest absolute Gasteiger partial charge is 0.0300 e. The van der Waals surface area contributed by atoms with Gasteiger partial charge in [0.1, 0.15) is 0 Å². The topological polar surface area (TPSA) is 12.0 Å². The van der Waals surface area contributed by atoms with E-state index >= 15 is 0 Å². The highest BCUT2D eigenvalue weighted by Crippen LogP contribution is 2.27. The minimum absolute atomic E-state index is 0.336. The lowest BCUT2D eigenvalue weighted by Crippen LogP contribution is -2.19. The molecule has 0 radical (unpaired) electrons. The number of aryl methyl sites for hydroxylation is 1. The number of hydrogen-bond acceptors (Lipinski definition) is 1. The summed E-state index contributed by atoms with van der Waals surface area (Å²) in [5.41, 5.74) is 6.64. The lowest BCUT2D eigenvalue weighted by molar-refractivity contribution is 0.573. The third kappa shape index (κ3) is 3.73. The third-order valence-electron chi connectivity index (χ3n) is 4.40. The zero-order valence-corrected chi connectivity index (χ0v) is 13.9. The summed E-state index contributed by atoms with van der Waals surface area (Å²) in [5.74, 6) is 6.01. The van der Waals surface area contributed by atoms with Crippen LogP contribution in [0.2, 0.25) is 0 Å². The third-order valence-corrected chi connectivity index (χ3v) is 4.40. The van der Waals surface area contributed by atoms with Crippen LogP contribution in [0.4, 0.5) is 0 Å². The highest BCUT2D eigenvalue weighted by molar-refractivity contribution is 5.61. The van der Waals surface area contributed by atoms with Crippen LogP contribution in [0.1, 0.15) is 54.1 Å². The maximum atomic E-state index is 3.65. The standard InChI is InChI=1S/C22H23N/c1-3-7-18-12-14-19(15-13-18)16-23-17(2)21-11-6-9-20-8-4-5-10-22(20)21/h5-6,9-15,17,23H,4,8,16H2,1-2H3. The van der Waals surface area contributed by atoms with Gasteiger partial charge >= 0.3 is 0 Å². The fourth-order valence-corrected chi connectivity index (χ4v) is 3.10. The number of rotatable bonds is 4. The Hall–Kier alpha value is -2.30. The SMILES string of the molecule is CC#Cc1ccc(CNC(C)c2cccc3c2C=CCC3)cc1. The van der Waals surface area contributed by atoms with Crippen LogP contribution in [-0.2, 0) is 13.0 Å². The zero-order valence-electron chi connectivity index (χ0n) is 13.9. The highest BCUT2D eigenvalue weighted by Gasteiger charge is 2.13. The van der Waals surface area contributed by atoms with Crippen molar-refractivity contribution in [3.63, 3.8) is 0 Å². The average Bonchev–Trinajstić information content (AvgIpc) is 2.60. The van der Waals surface area contributed by atoms with E-state index < -0.39 is 0 Å². The average molecular weight is 301 g/mol. The summed E-state index contributed by atoms with van der Waals surface area (Å²) in [6.07, 6.45) is 6.88. The zero-order chi connectivity index (χ0) is 16.1. The second-order valence-corrected chi connectivity index (χ2v) is 6.04. The van der Waals surface area contributed by atoms with Crippen LogP contribution in [0, 0.1) is 11.8 Å². The molecular formula is C22H23N. The van der Waals surface area contributed by atoms with Crippen molar-refractivity contribution in [2.45, 2.75) is 39.3 Å². The molecule has 1 heteroatoms. The molecule has 1 atom stereocenters. The van der Waals surface area contributed by atoms with E-state index in [1.807, 2.05) is 6.92 Å². The molecule has 2 aromatic rings. The summed E-state index contributed by atoms with van der Waals surface area (Å²) in [6.45, 7) is 4.98. The van der Waals surface area contributed by atoms with E-state index in [0.717, 1.165) is 24.9 Å². The van der Waals surface area contributed by atoms with Crippen molar-refractivity contribution in [2.24, 2.45) is 0 Å². The van der Waals surface area contributed by atoms with Crippen LogP contribution in [0.25, 0.3) is 6.08 Å². The number of benzene rings is 2. The normalized spacial score (nSPS) is 13.8. The minimum atomic E-state index is 0.336. The van der Waals surface area contributed by atoms with Gasteiger partial charge in [-0.05, 0) is 61.1 Å². The van der Waals surface area contributed by atoms with Gasteiger partial charge < -0.3 is 5.32 Å². The molecule has 23 heavy (non-hydrogen) atoms. The van der Waals surface area contributed by atoms with Gasteiger partial charge in [-0.25, -0.2) is 0 Å². The van der Waals surface area contributed by atoms with E-state index in [4.69, 9.17) is 0 Å². The van der Waals surface area contributed by atoms with Gasteiger partial charge in [0.15, 0.2) is 0 Å². The van der Waals surface area contributed by atoms with Crippen molar-refractivity contribution in [3.8, 4) is 11.8 Å². The summed E-state index contributed by atoms with van der Waals surface area (Å²) in [7, 11) is 0. The summed E-state index contributed by atoms with van der Waals surface area (Å²) in [4.78, 5) is 0. The number of nitrogens with one attached hydrogen (secondary N) is 1. The summed E-state index contributed by atoms with van der Waals surface area (Å²) in [6, 6.07) is 15.5. The second kappa shape index (κ2) is 7.31. The highest BCUT2D eigenvalue weighted by atomic mass is 14.9. The molecule has 0 bridgehead atoms. The first kappa shape index (κ1) is 15.6. The van der Waals surface area contributed by atoms with Gasteiger partial charge in [0.05, 0.1) is 0 Å². The van der Waals surface area contributed by atoms with Gasteiger partial charge in [0.2, 0.25) is 0 Å². The fourth-order valence-electron chi connectivity index (χ4n) is 3.10. The molecule has 0 saturated carbocycles. The molecular weight excluding hydrogens is 278 g/mol. The molecule has 2 aromatic carbocycles. The van der Waals surface area contributed by atoms with Gasteiger partial charge in [-0.1, -0.05) is 48.4 Å². The molecule has 0 heterocycles. The van der Waals surface area contributed by atoms with E-state index in [2.05, 4.69) is 78.7 Å². The van der Waals surface area contributed by atoms with Gasteiger partial charge in [-0.2, -0.15) is 0 Å². The van der Waals surface area contributed by atoms with Crippen molar-refractivity contribution in [1.29, 1.82) is 0 Å². The summed E-state index contributed by atoms with van der Waals surface area (Å²) < 4.78 is 0. The number of fused-ring (bicyclic) bond motifs is 1. The van der Waals surface area contributed by atoms with E-state index in [1.165, 1.54) is 22.3 Å². The van der Waals surface area contributed by atoms with Crippen molar-refractivity contribution >= 4 is 6.08 Å². The first-order valence-corrected chi connectivity index (χ1v) is 8.31. The number of allylic oxidation sites excluding steroid dienone is 1. The Morgan fingerprint density at radius 3 is 2.74 bits per heavy atom. The Labute approximate surface area is 139 Å². The van der Waals surface area contributed by atoms with Crippen LogP contribution < -0.4 is 5.32 Å². The van der Waals surface area contributed by atoms with E-state index in [9.17, 15) is 0 Å². The van der Waals surface area contributed by atoms with Gasteiger partial charge in [-0.15, -0.1) is 5.92 Å². The molecule has 0 aromatic heterocycles. The predicted molar refractivity (Wildman–Crippen MR) is 98.0 cm³/mol. The van der Waals surface area contributed by atoms with Gasteiger partial charge in [-0.3, -0.25) is 0 Å². The monoisotopic (exact) mass is 301 g/mol. The Morgan fingerprint density at radius 2 is 1.96 bits per heavy atom. The van der Waals surface area contributed by atoms with Gasteiger partial charge in [0, 0.05) is 18.2 Å². The maximum Gasteiger partial charge on any atom is 0.0300 e. The van der Waals surface area contributed by atoms with Gasteiger partial charge in [0.25, 0.3) is 0 Å². The van der Waals surface area contributed by atoms with Crippen LogP contribution in [0.15, 0.2) is 48.5 Å². The number of hydrogen-bond donors (Lipinski definition) is 1. The van der Waals surface area contributed by atoms with Crippen LogP contribution >= 0.6 is 0 Å². The molecule has 116 valence electrons. The Balaban J connectivity index is 1.69. The Kier molecular flexibility index (Phi) is 4.95. The molecule has 1 nitrogen and oxygen atoms in total. The minimum Gasteiger partial charge on any atom is -0.306 e. The van der Waals surface area contributed by atoms with E-state index in [-0.39, 0.29) is 0 Å². The first-order chi connectivity index (χ1) is 11.3. The lowest BCUT2D eigenvalue weighted by Gasteiger charge is -2.21. The van der Waals surface area contributed by atoms with Crippen molar-refractivity contribution < 1.29 is 0 Å². The molecule has 0 amide bonds. The molecule has 0 fully saturated rings. The quantitative estimate of drug-likeness (QED) is 0.795. The molecule has 1 N–H and O–H groups in total. The fraction of sp³-hybridized carbons (Fsp3) is 0.273. The summed E-state index contributed by atoms with van der Waals surface area (Å²) >= 11 is 0. The molecule has 1 unspecified atom stereocenters. The lowest BCUT2D eigenvalue weighted by atomic mass is 9.90. The van der Waals surface area contributed by atoms with Crippen molar-refractivity contribution in [2.75, 3.05) is 0 Å². The molecule has 3 rings (SSSR count). The first-order valence-electron chi connectivity index (χ1n) is 8.31. The van der Waals surface area contributed by atoms with E-state index in [0.29, 0.717) is 6.04 Å². The van der Waals surface area contributed by atoms with Crippen LogP contribution in [0.5, 0.6) is 0 Å². The van der Waals surface area contributed by atoms with Crippen LogP contribution in [-0.4, -0.2) is 0 Å². The summed E-state index contributed by atoms with van der Waals surface area (Å²) in [5, 5.41) is 3.65. The maximum absolute atomic E-state index is 3.65. The molecule has 0 aliphatic heterocycles. The van der Waals surface area contributed by atoms with Crippen LogP contribution in [0.3, 0.4) is 0 Å². The molecule has 0 spiro atoms. The molecule has 0 saturated heterocycles. The predicted octanol–water partition coefficient (Wildman–Crippen LogP) is 4.87. The van der Waals surface area contributed by atoms with Crippen molar-refractivity contribution in [1.82, 2.24) is 5.32 Å². The Bertz CT molecular complexity index is 757. The molecule has 1 aliphatic rings. The molecule has 1 aliphatic carbocycles. The Morgan fingerprint density at radius 1 is 1.13 bits per heavy atom. The van der Waals surface area contributed by atoms with Crippen molar-refractivity contribution in [3.05, 3.63) is 76.4 Å². The second-order valence-electron chi connectivity index (χ2n) is 6.04. The largest absolute Gasteiger partial charge is 0.306 e. The van der Waals surface area contributed by atoms with E-state index in [1.54, 1.807) is 0 Å².